The zero-order valence-corrected chi connectivity index (χ0v) is 11.1. The van der Waals surface area contributed by atoms with E-state index < -0.39 is 0 Å². The Hall–Kier alpha value is -1.38. The third-order valence-electron chi connectivity index (χ3n) is 2.87. The molecule has 0 aromatic heterocycles. The molecule has 0 fully saturated rings. The Bertz CT molecular complexity index is 339. The van der Waals surface area contributed by atoms with Crippen LogP contribution in [0.4, 0.5) is 11.4 Å². The zero-order valence-electron chi connectivity index (χ0n) is 11.1. The van der Waals surface area contributed by atoms with Crippen molar-refractivity contribution in [3.63, 3.8) is 0 Å². The molecule has 1 aromatic carbocycles. The molecular weight excluding hydrogens is 212 g/mol. The van der Waals surface area contributed by atoms with Gasteiger partial charge in [-0.05, 0) is 24.5 Å². The maximum absolute atomic E-state index is 6.06. The number of benzene rings is 1. The summed E-state index contributed by atoms with van der Waals surface area (Å²) in [5.41, 5.74) is 7.75. The molecule has 0 aliphatic heterocycles. The Labute approximate surface area is 104 Å². The van der Waals surface area contributed by atoms with Crippen molar-refractivity contribution in [2.75, 3.05) is 24.2 Å². The molecule has 3 nitrogen and oxygen atoms in total. The van der Waals surface area contributed by atoms with Crippen molar-refractivity contribution in [2.24, 2.45) is 5.92 Å². The first kappa shape index (κ1) is 13.7. The number of nitrogens with two attached hydrogens (primary N) is 1. The van der Waals surface area contributed by atoms with Crippen LogP contribution in [0.2, 0.25) is 0 Å². The third-order valence-corrected chi connectivity index (χ3v) is 2.87. The fourth-order valence-corrected chi connectivity index (χ4v) is 1.46. The standard InChI is InChI=1S/C14H24N2O/c1-4-9-17-13-8-6-7-12(14(13)15)16-10-11(3)5-2/h6-8,11,16H,4-5,9-10,15H2,1-3H3. The smallest absolute Gasteiger partial charge is 0.144 e. The van der Waals surface area contributed by atoms with Crippen LogP contribution < -0.4 is 15.8 Å². The first-order valence-corrected chi connectivity index (χ1v) is 6.44. The maximum atomic E-state index is 6.06. The average Bonchev–Trinajstić information content (AvgIpc) is 2.35. The number of hydrogen-bond donors (Lipinski definition) is 2. The fraction of sp³-hybridized carbons (Fsp3) is 0.571. The van der Waals surface area contributed by atoms with Crippen LogP contribution in [0.5, 0.6) is 5.75 Å². The average molecular weight is 236 g/mol. The van der Waals surface area contributed by atoms with Gasteiger partial charge in [0.25, 0.3) is 0 Å². The third kappa shape index (κ3) is 4.17. The van der Waals surface area contributed by atoms with E-state index in [4.69, 9.17) is 10.5 Å². The highest BCUT2D eigenvalue weighted by Crippen LogP contribution is 2.29. The van der Waals surface area contributed by atoms with Crippen LogP contribution in [0.3, 0.4) is 0 Å². The quantitative estimate of drug-likeness (QED) is 0.712. The lowest BCUT2D eigenvalue weighted by atomic mass is 10.1. The Morgan fingerprint density at radius 2 is 2.12 bits per heavy atom. The van der Waals surface area contributed by atoms with Gasteiger partial charge in [0.2, 0.25) is 0 Å². The number of ether oxygens (including phenoxy) is 1. The van der Waals surface area contributed by atoms with Gasteiger partial charge < -0.3 is 15.8 Å². The fourth-order valence-electron chi connectivity index (χ4n) is 1.46. The molecular formula is C14H24N2O. The summed E-state index contributed by atoms with van der Waals surface area (Å²) in [6.07, 6.45) is 2.16. The van der Waals surface area contributed by atoms with Gasteiger partial charge in [0, 0.05) is 6.54 Å². The second-order valence-electron chi connectivity index (χ2n) is 4.46. The predicted octanol–water partition coefficient (Wildman–Crippen LogP) is 3.52. The minimum Gasteiger partial charge on any atom is -0.491 e. The van der Waals surface area contributed by atoms with Gasteiger partial charge in [0.1, 0.15) is 5.75 Å². The van der Waals surface area contributed by atoms with Gasteiger partial charge in [0.15, 0.2) is 0 Å². The van der Waals surface area contributed by atoms with E-state index in [1.165, 1.54) is 6.42 Å². The number of nitrogen functional groups attached to an aromatic ring is 1. The molecule has 0 aliphatic rings. The summed E-state index contributed by atoms with van der Waals surface area (Å²) in [7, 11) is 0. The van der Waals surface area contributed by atoms with Gasteiger partial charge in [-0.3, -0.25) is 0 Å². The van der Waals surface area contributed by atoms with E-state index in [1.54, 1.807) is 0 Å². The summed E-state index contributed by atoms with van der Waals surface area (Å²) in [6, 6.07) is 5.89. The minimum absolute atomic E-state index is 0.648. The maximum Gasteiger partial charge on any atom is 0.144 e. The van der Waals surface area contributed by atoms with Gasteiger partial charge in [-0.1, -0.05) is 33.3 Å². The Kier molecular flexibility index (Phi) is 5.67. The highest BCUT2D eigenvalue weighted by Gasteiger charge is 2.06. The molecule has 0 bridgehead atoms. The second kappa shape index (κ2) is 7.05. The molecule has 0 aliphatic carbocycles. The Morgan fingerprint density at radius 3 is 2.76 bits per heavy atom. The summed E-state index contributed by atoms with van der Waals surface area (Å²) >= 11 is 0. The summed E-state index contributed by atoms with van der Waals surface area (Å²) in [5.74, 6) is 1.43. The minimum atomic E-state index is 0.648. The van der Waals surface area contributed by atoms with E-state index >= 15 is 0 Å². The van der Waals surface area contributed by atoms with Gasteiger partial charge in [-0.25, -0.2) is 0 Å². The lowest BCUT2D eigenvalue weighted by Gasteiger charge is -2.15. The van der Waals surface area contributed by atoms with Crippen LogP contribution in [0, 0.1) is 5.92 Å². The first-order valence-electron chi connectivity index (χ1n) is 6.44. The number of para-hydroxylation sites is 1. The van der Waals surface area contributed by atoms with E-state index in [9.17, 15) is 0 Å². The Balaban J connectivity index is 2.65. The molecule has 0 spiro atoms. The zero-order chi connectivity index (χ0) is 12.7. The largest absolute Gasteiger partial charge is 0.491 e. The highest BCUT2D eigenvalue weighted by atomic mass is 16.5. The summed E-state index contributed by atoms with van der Waals surface area (Å²) in [4.78, 5) is 0. The molecule has 3 N–H and O–H groups in total. The monoisotopic (exact) mass is 236 g/mol. The van der Waals surface area contributed by atoms with Crippen molar-refractivity contribution in [2.45, 2.75) is 33.6 Å². The molecule has 3 heteroatoms. The topological polar surface area (TPSA) is 47.3 Å². The van der Waals surface area contributed by atoms with Crippen LogP contribution >= 0.6 is 0 Å². The van der Waals surface area contributed by atoms with E-state index in [1.807, 2.05) is 18.2 Å². The molecule has 1 rings (SSSR count). The van der Waals surface area contributed by atoms with E-state index in [2.05, 4.69) is 26.1 Å². The van der Waals surface area contributed by atoms with Crippen LogP contribution in [0.25, 0.3) is 0 Å². The molecule has 0 saturated heterocycles. The van der Waals surface area contributed by atoms with Crippen molar-refractivity contribution < 1.29 is 4.74 Å². The van der Waals surface area contributed by atoms with Gasteiger partial charge in [-0.15, -0.1) is 0 Å². The molecule has 1 atom stereocenters. The lowest BCUT2D eigenvalue weighted by Crippen LogP contribution is -2.12. The number of anilines is 2. The van der Waals surface area contributed by atoms with E-state index in [-0.39, 0.29) is 0 Å². The van der Waals surface area contributed by atoms with Crippen molar-refractivity contribution >= 4 is 11.4 Å². The lowest BCUT2D eigenvalue weighted by molar-refractivity contribution is 0.319. The first-order chi connectivity index (χ1) is 8.19. The van der Waals surface area contributed by atoms with Crippen molar-refractivity contribution in [1.29, 1.82) is 0 Å². The van der Waals surface area contributed by atoms with Crippen LogP contribution in [0.15, 0.2) is 18.2 Å². The normalized spacial score (nSPS) is 12.2. The van der Waals surface area contributed by atoms with Gasteiger partial charge >= 0.3 is 0 Å². The van der Waals surface area contributed by atoms with Crippen molar-refractivity contribution in [1.82, 2.24) is 0 Å². The van der Waals surface area contributed by atoms with Gasteiger partial charge in [-0.2, -0.15) is 0 Å². The number of nitrogens with one attached hydrogen (secondary N) is 1. The molecule has 0 heterocycles. The summed E-state index contributed by atoms with van der Waals surface area (Å²) in [5, 5.41) is 3.38. The SMILES string of the molecule is CCCOc1cccc(NCC(C)CC)c1N. The molecule has 0 saturated carbocycles. The Morgan fingerprint density at radius 1 is 1.35 bits per heavy atom. The van der Waals surface area contributed by atoms with E-state index in [0.29, 0.717) is 18.2 Å². The van der Waals surface area contributed by atoms with Crippen LogP contribution in [-0.2, 0) is 0 Å². The predicted molar refractivity (Wildman–Crippen MR) is 74.6 cm³/mol. The molecule has 0 radical (unpaired) electrons. The van der Waals surface area contributed by atoms with E-state index in [0.717, 1.165) is 24.4 Å². The summed E-state index contributed by atoms with van der Waals surface area (Å²) in [6.45, 7) is 8.15. The van der Waals surface area contributed by atoms with Crippen LogP contribution in [0.1, 0.15) is 33.6 Å². The van der Waals surface area contributed by atoms with Crippen molar-refractivity contribution in [3.8, 4) is 5.75 Å². The molecule has 96 valence electrons. The van der Waals surface area contributed by atoms with Crippen LogP contribution in [-0.4, -0.2) is 13.2 Å². The molecule has 1 aromatic rings. The molecule has 1 unspecified atom stereocenters. The van der Waals surface area contributed by atoms with Crippen molar-refractivity contribution in [3.05, 3.63) is 18.2 Å². The highest BCUT2D eigenvalue weighted by molar-refractivity contribution is 5.72. The van der Waals surface area contributed by atoms with Gasteiger partial charge in [0.05, 0.1) is 18.0 Å². The molecule has 17 heavy (non-hydrogen) atoms. The summed E-state index contributed by atoms with van der Waals surface area (Å²) < 4.78 is 5.59. The second-order valence-corrected chi connectivity index (χ2v) is 4.46. The number of rotatable bonds is 7. The molecule has 0 amide bonds. The number of hydrogen-bond acceptors (Lipinski definition) is 3.